The van der Waals surface area contributed by atoms with Crippen LogP contribution >= 0.6 is 0 Å². The zero-order chi connectivity index (χ0) is 32.9. The van der Waals surface area contributed by atoms with Crippen molar-refractivity contribution in [1.82, 2.24) is 5.32 Å². The number of β-amino-alcohol motifs (C(OH)–C–C–N with tert-alkyl or cyclic N) is 1. The Kier molecular flexibility index (Phi) is 21.2. The SMILES string of the molecule is CCCC1OC(=O)C(C)CC(C)CCCCC(=O)CCCC(CC)/C=C/C=C(\COC)CCC(O)C(O)CC(O)CNC1=O. The number of aliphatic hydroxyl groups is 3. The Labute approximate surface area is 265 Å². The molecule has 4 N–H and O–H groups in total. The van der Waals surface area contributed by atoms with Gasteiger partial charge in [0.15, 0.2) is 6.10 Å². The molecule has 0 aromatic carbocycles. The Hall–Kier alpha value is -2.07. The van der Waals surface area contributed by atoms with E-state index in [-0.39, 0.29) is 31.2 Å². The number of ketones is 1. The number of methoxy groups -OCH3 is 1. The fraction of sp³-hybridized carbons (Fsp3) is 0.800. The minimum atomic E-state index is -1.17. The lowest BCUT2D eigenvalue weighted by Crippen LogP contribution is -2.43. The number of hydrogen-bond acceptors (Lipinski definition) is 8. The molecule has 0 aromatic heterocycles. The molecule has 9 nitrogen and oxygen atoms in total. The van der Waals surface area contributed by atoms with Gasteiger partial charge in [0.25, 0.3) is 5.91 Å². The molecule has 7 atom stereocenters. The number of allylic oxidation sites excluding steroid dienone is 3. The van der Waals surface area contributed by atoms with Crippen LogP contribution in [0.2, 0.25) is 0 Å². The average molecular weight is 624 g/mol. The highest BCUT2D eigenvalue weighted by atomic mass is 16.5. The first-order chi connectivity index (χ1) is 21.0. The van der Waals surface area contributed by atoms with Gasteiger partial charge in [-0.1, -0.05) is 65.2 Å². The highest BCUT2D eigenvalue weighted by Gasteiger charge is 2.27. The maximum Gasteiger partial charge on any atom is 0.309 e. The Balaban J connectivity index is 2.96. The minimum absolute atomic E-state index is 0.113. The maximum absolute atomic E-state index is 12.8. The molecule has 1 aliphatic rings. The minimum Gasteiger partial charge on any atom is -0.452 e. The number of Topliss-reactive ketones (excluding diaryl/α,β-unsaturated/α-hetero) is 1. The van der Waals surface area contributed by atoms with Crippen LogP contribution < -0.4 is 5.32 Å². The van der Waals surface area contributed by atoms with E-state index in [9.17, 15) is 29.7 Å². The van der Waals surface area contributed by atoms with E-state index >= 15 is 0 Å². The molecule has 44 heavy (non-hydrogen) atoms. The third-order valence-corrected chi connectivity index (χ3v) is 8.49. The van der Waals surface area contributed by atoms with E-state index in [2.05, 4.69) is 25.2 Å². The summed E-state index contributed by atoms with van der Waals surface area (Å²) in [7, 11) is 1.61. The molecule has 1 amide bonds. The molecule has 7 unspecified atom stereocenters. The van der Waals surface area contributed by atoms with Gasteiger partial charge in [0.2, 0.25) is 0 Å². The van der Waals surface area contributed by atoms with Gasteiger partial charge in [-0.15, -0.1) is 0 Å². The van der Waals surface area contributed by atoms with Crippen molar-refractivity contribution in [2.75, 3.05) is 20.3 Å². The summed E-state index contributed by atoms with van der Waals surface area (Å²) in [5.74, 6) is -0.318. The molecule has 0 fully saturated rings. The van der Waals surface area contributed by atoms with Crippen LogP contribution in [0.5, 0.6) is 0 Å². The van der Waals surface area contributed by atoms with Crippen LogP contribution in [0.1, 0.15) is 118 Å². The predicted molar refractivity (Wildman–Crippen MR) is 173 cm³/mol. The monoisotopic (exact) mass is 623 g/mol. The second-order valence-electron chi connectivity index (χ2n) is 12.8. The van der Waals surface area contributed by atoms with E-state index in [1.165, 1.54) is 0 Å². The molecule has 0 aliphatic carbocycles. The molecule has 0 spiro atoms. The molecule has 0 radical (unpaired) electrons. The Morgan fingerprint density at radius 2 is 1.66 bits per heavy atom. The molecular weight excluding hydrogens is 562 g/mol. The summed E-state index contributed by atoms with van der Waals surface area (Å²) in [5.41, 5.74) is 0.973. The number of cyclic esters (lactones) is 1. The quantitative estimate of drug-likeness (QED) is 0.306. The van der Waals surface area contributed by atoms with Gasteiger partial charge in [-0.2, -0.15) is 0 Å². The van der Waals surface area contributed by atoms with E-state index < -0.39 is 36.3 Å². The third kappa shape index (κ3) is 17.4. The van der Waals surface area contributed by atoms with Crippen LogP contribution in [0, 0.1) is 17.8 Å². The van der Waals surface area contributed by atoms with E-state index in [1.54, 1.807) is 7.11 Å². The van der Waals surface area contributed by atoms with E-state index in [0.29, 0.717) is 56.8 Å². The lowest BCUT2D eigenvalue weighted by Gasteiger charge is -2.23. The first-order valence-corrected chi connectivity index (χ1v) is 16.9. The Morgan fingerprint density at radius 1 is 0.932 bits per heavy atom. The van der Waals surface area contributed by atoms with E-state index in [4.69, 9.17) is 9.47 Å². The zero-order valence-corrected chi connectivity index (χ0v) is 28.0. The number of rotatable bonds is 5. The number of carbonyl (C=O) groups excluding carboxylic acids is 3. The van der Waals surface area contributed by atoms with Gasteiger partial charge < -0.3 is 30.1 Å². The van der Waals surface area contributed by atoms with Gasteiger partial charge in [0, 0.05) is 32.9 Å². The summed E-state index contributed by atoms with van der Waals surface area (Å²) in [5, 5.41) is 34.1. The smallest absolute Gasteiger partial charge is 0.309 e. The molecule has 9 heteroatoms. The maximum atomic E-state index is 12.8. The number of nitrogens with one attached hydrogen (secondary N) is 1. The van der Waals surface area contributed by atoms with Crippen molar-refractivity contribution < 1.29 is 39.2 Å². The van der Waals surface area contributed by atoms with Gasteiger partial charge in [-0.3, -0.25) is 14.4 Å². The number of ether oxygens (including phenoxy) is 2. The van der Waals surface area contributed by atoms with Crippen LogP contribution in [0.15, 0.2) is 23.8 Å². The molecule has 0 bridgehead atoms. The van der Waals surface area contributed by atoms with Gasteiger partial charge in [0.1, 0.15) is 5.78 Å². The number of amides is 1. The summed E-state index contributed by atoms with van der Waals surface area (Å²) in [6.07, 6.45) is 10.9. The van der Waals surface area contributed by atoms with Crippen molar-refractivity contribution in [3.05, 3.63) is 23.8 Å². The van der Waals surface area contributed by atoms with Crippen LogP contribution in [-0.2, 0) is 23.9 Å². The van der Waals surface area contributed by atoms with Crippen LogP contribution in [0.25, 0.3) is 0 Å². The van der Waals surface area contributed by atoms with Crippen LogP contribution in [0.3, 0.4) is 0 Å². The fourth-order valence-electron chi connectivity index (χ4n) is 5.63. The number of hydrogen-bond donors (Lipinski definition) is 4. The van der Waals surface area contributed by atoms with Crippen LogP contribution in [-0.4, -0.2) is 77.7 Å². The molecule has 254 valence electrons. The first kappa shape index (κ1) is 40.0. The summed E-state index contributed by atoms with van der Waals surface area (Å²) in [6.45, 7) is 8.21. The lowest BCUT2D eigenvalue weighted by atomic mass is 9.92. The average Bonchev–Trinajstić information content (AvgIpc) is 2.98. The summed E-state index contributed by atoms with van der Waals surface area (Å²) < 4.78 is 10.9. The second-order valence-corrected chi connectivity index (χ2v) is 12.8. The Bertz CT molecular complexity index is 888. The number of aliphatic hydroxyl groups excluding tert-OH is 3. The van der Waals surface area contributed by atoms with Crippen molar-refractivity contribution in [2.24, 2.45) is 17.8 Å². The predicted octanol–water partition coefficient (Wildman–Crippen LogP) is 5.20. The van der Waals surface area contributed by atoms with Crippen molar-refractivity contribution in [2.45, 2.75) is 142 Å². The van der Waals surface area contributed by atoms with Gasteiger partial charge in [0.05, 0.1) is 30.8 Å². The molecule has 0 aromatic rings. The molecule has 1 rings (SSSR count). The van der Waals surface area contributed by atoms with Gasteiger partial charge in [-0.25, -0.2) is 0 Å². The summed E-state index contributed by atoms with van der Waals surface area (Å²) in [4.78, 5) is 38.1. The molecule has 0 saturated carbocycles. The van der Waals surface area contributed by atoms with Crippen molar-refractivity contribution >= 4 is 17.7 Å². The summed E-state index contributed by atoms with van der Waals surface area (Å²) >= 11 is 0. The van der Waals surface area contributed by atoms with Crippen LogP contribution in [0.4, 0.5) is 0 Å². The number of carbonyl (C=O) groups is 3. The number of esters is 1. The zero-order valence-electron chi connectivity index (χ0n) is 28.0. The normalized spacial score (nSPS) is 32.8. The Morgan fingerprint density at radius 3 is 2.34 bits per heavy atom. The van der Waals surface area contributed by atoms with Gasteiger partial charge >= 0.3 is 5.97 Å². The first-order valence-electron chi connectivity index (χ1n) is 16.9. The molecule has 1 aliphatic heterocycles. The second kappa shape index (κ2) is 23.3. The largest absolute Gasteiger partial charge is 0.452 e. The standard InChI is InChI=1S/C35H61NO8/c1-6-12-33-34(41)36-23-30(38)22-32(40)31(39)20-19-28(24-43-5)16-10-14-27(7-2)15-11-18-29(37)17-9-8-13-25(3)21-26(4)35(42)44-33/h10,14,16,25-27,30-33,38-40H,6-9,11-13,15,17-24H2,1-5H3,(H,36,41)/b14-10+,28-16-. The van der Waals surface area contributed by atoms with Crippen molar-refractivity contribution in [1.29, 1.82) is 0 Å². The van der Waals surface area contributed by atoms with Crippen molar-refractivity contribution in [3.63, 3.8) is 0 Å². The highest BCUT2D eigenvalue weighted by molar-refractivity contribution is 5.84. The highest BCUT2D eigenvalue weighted by Crippen LogP contribution is 2.22. The third-order valence-electron chi connectivity index (χ3n) is 8.49. The van der Waals surface area contributed by atoms with E-state index in [1.807, 2.05) is 26.0 Å². The molecule has 1 heterocycles. The lowest BCUT2D eigenvalue weighted by molar-refractivity contribution is -0.160. The summed E-state index contributed by atoms with van der Waals surface area (Å²) in [6, 6.07) is 0. The van der Waals surface area contributed by atoms with E-state index in [0.717, 1.165) is 44.1 Å². The van der Waals surface area contributed by atoms with Crippen molar-refractivity contribution in [3.8, 4) is 0 Å². The van der Waals surface area contributed by atoms with Gasteiger partial charge in [-0.05, 0) is 68.8 Å². The fourth-order valence-corrected chi connectivity index (χ4v) is 5.63. The molecular formula is C35H61NO8. The topological polar surface area (TPSA) is 142 Å². The molecule has 0 saturated heterocycles.